The quantitative estimate of drug-likeness (QED) is 0.423. The van der Waals surface area contributed by atoms with Crippen LogP contribution in [-0.2, 0) is 0 Å². The minimum absolute atomic E-state index is 0.245. The molecule has 0 fully saturated rings. The smallest absolute Gasteiger partial charge is 0.248 e. The van der Waals surface area contributed by atoms with Gasteiger partial charge in [0.2, 0.25) is 5.56 Å². The van der Waals surface area contributed by atoms with Crippen LogP contribution in [0.15, 0.2) is 71.5 Å². The minimum Gasteiger partial charge on any atom is -0.321 e. The fraction of sp³-hybridized carbons (Fsp3) is 0.0455. The van der Waals surface area contributed by atoms with E-state index in [1.165, 1.54) is 6.07 Å². The third-order valence-electron chi connectivity index (χ3n) is 5.07. The number of aromatic amines is 1. The number of hydrogen-bond donors (Lipinski definition) is 1. The Morgan fingerprint density at radius 1 is 0.692 bits per heavy atom. The molecule has 0 aliphatic heterocycles. The number of fused-ring (bicyclic) bond motifs is 4. The van der Waals surface area contributed by atoms with Gasteiger partial charge in [-0.1, -0.05) is 60.7 Å². The predicted octanol–water partition coefficient (Wildman–Crippen LogP) is 3.84. The maximum absolute atomic E-state index is 12.9. The van der Waals surface area contributed by atoms with Gasteiger partial charge in [0.15, 0.2) is 11.6 Å². The van der Waals surface area contributed by atoms with Crippen LogP contribution in [0.25, 0.3) is 21.7 Å². The van der Waals surface area contributed by atoms with Gasteiger partial charge in [-0.3, -0.25) is 14.4 Å². The average Bonchev–Trinajstić information content (AvgIpc) is 2.92. The Morgan fingerprint density at radius 2 is 1.35 bits per heavy atom. The summed E-state index contributed by atoms with van der Waals surface area (Å²) in [5.41, 5.74) is 1.66. The molecule has 0 radical (unpaired) electrons. The first-order valence-corrected chi connectivity index (χ1v) is 8.37. The number of benzene rings is 3. The first-order chi connectivity index (χ1) is 12.6. The molecule has 0 saturated carbocycles. The van der Waals surface area contributed by atoms with Gasteiger partial charge in [-0.25, -0.2) is 0 Å². The molecular formula is C22H13NO3. The van der Waals surface area contributed by atoms with Crippen molar-refractivity contribution in [2.24, 2.45) is 0 Å². The van der Waals surface area contributed by atoms with Crippen LogP contribution in [0.5, 0.6) is 0 Å². The molecule has 124 valence electrons. The zero-order valence-corrected chi connectivity index (χ0v) is 13.7. The number of H-pyrrole nitrogens is 1. The number of ketones is 2. The molecule has 1 aromatic heterocycles. The van der Waals surface area contributed by atoms with Crippen molar-refractivity contribution in [2.45, 2.75) is 5.92 Å². The molecular weight excluding hydrogens is 326 g/mol. The van der Waals surface area contributed by atoms with E-state index >= 15 is 0 Å². The summed E-state index contributed by atoms with van der Waals surface area (Å²) in [5, 5.41) is 2.60. The number of carbonyl (C=O) groups is 2. The fourth-order valence-electron chi connectivity index (χ4n) is 3.89. The molecule has 0 spiro atoms. The van der Waals surface area contributed by atoms with Gasteiger partial charge in [-0.15, -0.1) is 0 Å². The highest BCUT2D eigenvalue weighted by atomic mass is 16.2. The second-order valence-corrected chi connectivity index (χ2v) is 6.51. The number of pyridine rings is 1. The van der Waals surface area contributed by atoms with E-state index in [1.54, 1.807) is 24.3 Å². The second kappa shape index (κ2) is 5.23. The van der Waals surface area contributed by atoms with Crippen LogP contribution in [0.3, 0.4) is 0 Å². The molecule has 4 nitrogen and oxygen atoms in total. The van der Waals surface area contributed by atoms with Gasteiger partial charge < -0.3 is 4.98 Å². The van der Waals surface area contributed by atoms with Crippen molar-refractivity contribution in [2.75, 3.05) is 0 Å². The van der Waals surface area contributed by atoms with Crippen LogP contribution < -0.4 is 5.56 Å². The lowest BCUT2D eigenvalue weighted by Crippen LogP contribution is -2.17. The third kappa shape index (κ3) is 1.93. The zero-order chi connectivity index (χ0) is 17.8. The first-order valence-electron chi connectivity index (χ1n) is 8.37. The molecule has 0 amide bonds. The van der Waals surface area contributed by atoms with Gasteiger partial charge in [0.25, 0.3) is 0 Å². The number of aromatic nitrogens is 1. The number of nitrogens with one attached hydrogen (secondary N) is 1. The van der Waals surface area contributed by atoms with Crippen molar-refractivity contribution in [1.82, 2.24) is 4.98 Å². The Balaban J connectivity index is 1.84. The normalized spacial score (nSPS) is 14.3. The van der Waals surface area contributed by atoms with E-state index in [0.717, 1.165) is 16.2 Å². The van der Waals surface area contributed by atoms with Crippen LogP contribution in [0, 0.1) is 0 Å². The SMILES string of the molecule is O=C1c2ccccc2C(=O)C1c1cc(=O)[nH]c2c1ccc1ccccc12. The lowest BCUT2D eigenvalue weighted by Gasteiger charge is -2.12. The van der Waals surface area contributed by atoms with E-state index in [1.807, 2.05) is 36.4 Å². The van der Waals surface area contributed by atoms with Crippen molar-refractivity contribution >= 4 is 33.2 Å². The van der Waals surface area contributed by atoms with Gasteiger partial charge in [0, 0.05) is 28.0 Å². The van der Waals surface area contributed by atoms with Gasteiger partial charge in [0.1, 0.15) is 5.92 Å². The maximum Gasteiger partial charge on any atom is 0.248 e. The summed E-state index contributed by atoms with van der Waals surface area (Å²) in [6, 6.07) is 19.7. The molecule has 0 unspecified atom stereocenters. The Hall–Kier alpha value is -3.53. The topological polar surface area (TPSA) is 67.0 Å². The molecule has 4 heteroatoms. The molecule has 1 aliphatic carbocycles. The first kappa shape index (κ1) is 14.8. The number of carbonyl (C=O) groups excluding carboxylic acids is 2. The molecule has 3 aromatic carbocycles. The molecule has 5 rings (SSSR count). The van der Waals surface area contributed by atoms with Crippen LogP contribution in [0.1, 0.15) is 32.2 Å². The number of rotatable bonds is 1. The number of Topliss-reactive ketones (excluding diaryl/α,β-unsaturated/α-hetero) is 2. The largest absolute Gasteiger partial charge is 0.321 e. The van der Waals surface area contributed by atoms with Crippen LogP contribution in [0.2, 0.25) is 0 Å². The van der Waals surface area contributed by atoms with E-state index in [2.05, 4.69) is 4.98 Å². The van der Waals surface area contributed by atoms with E-state index in [-0.39, 0.29) is 17.1 Å². The highest BCUT2D eigenvalue weighted by molar-refractivity contribution is 6.30. The standard InChI is InChI=1S/C22H13NO3/c24-18-11-17(19-21(25)15-7-3-4-8-16(15)22(19)26)14-10-9-12-5-1-2-6-13(12)20(14)23-18/h1-11,19H,(H,23,24). The monoisotopic (exact) mass is 339 g/mol. The van der Waals surface area contributed by atoms with E-state index in [9.17, 15) is 14.4 Å². The third-order valence-corrected chi connectivity index (χ3v) is 5.07. The maximum atomic E-state index is 12.9. The molecule has 0 atom stereocenters. The summed E-state index contributed by atoms with van der Waals surface area (Å²) in [4.78, 5) is 41.0. The Bertz CT molecular complexity index is 1260. The van der Waals surface area contributed by atoms with Gasteiger partial charge in [0.05, 0.1) is 5.52 Å². The molecule has 26 heavy (non-hydrogen) atoms. The van der Waals surface area contributed by atoms with Crippen molar-refractivity contribution in [1.29, 1.82) is 0 Å². The van der Waals surface area contributed by atoms with Crippen LogP contribution in [-0.4, -0.2) is 16.6 Å². The van der Waals surface area contributed by atoms with Crippen LogP contribution >= 0.6 is 0 Å². The summed E-state index contributed by atoms with van der Waals surface area (Å²) in [6.07, 6.45) is 0. The summed E-state index contributed by atoms with van der Waals surface area (Å²) in [6.45, 7) is 0. The van der Waals surface area contributed by atoms with Crippen molar-refractivity contribution in [3.05, 3.63) is 93.8 Å². The number of hydrogen-bond acceptors (Lipinski definition) is 3. The summed E-state index contributed by atoms with van der Waals surface area (Å²) in [7, 11) is 0. The lowest BCUT2D eigenvalue weighted by atomic mass is 9.90. The summed E-state index contributed by atoms with van der Waals surface area (Å²) < 4.78 is 0. The van der Waals surface area contributed by atoms with E-state index in [0.29, 0.717) is 22.2 Å². The molecule has 1 aliphatic rings. The van der Waals surface area contributed by atoms with E-state index < -0.39 is 5.92 Å². The second-order valence-electron chi connectivity index (χ2n) is 6.51. The Labute approximate surface area is 148 Å². The highest BCUT2D eigenvalue weighted by Gasteiger charge is 2.40. The predicted molar refractivity (Wildman–Crippen MR) is 99.9 cm³/mol. The average molecular weight is 339 g/mol. The zero-order valence-electron chi connectivity index (χ0n) is 13.7. The Kier molecular flexibility index (Phi) is 2.97. The van der Waals surface area contributed by atoms with Crippen LogP contribution in [0.4, 0.5) is 0 Å². The lowest BCUT2D eigenvalue weighted by molar-refractivity contribution is 0.0891. The fourth-order valence-corrected chi connectivity index (χ4v) is 3.89. The Morgan fingerprint density at radius 3 is 2.08 bits per heavy atom. The summed E-state index contributed by atoms with van der Waals surface area (Å²) >= 11 is 0. The highest BCUT2D eigenvalue weighted by Crippen LogP contribution is 2.37. The molecule has 1 heterocycles. The molecule has 4 aromatic rings. The van der Waals surface area contributed by atoms with E-state index in [4.69, 9.17) is 0 Å². The van der Waals surface area contributed by atoms with Gasteiger partial charge in [-0.2, -0.15) is 0 Å². The minimum atomic E-state index is -0.960. The van der Waals surface area contributed by atoms with Gasteiger partial charge in [-0.05, 0) is 10.9 Å². The van der Waals surface area contributed by atoms with Crippen molar-refractivity contribution in [3.63, 3.8) is 0 Å². The summed E-state index contributed by atoms with van der Waals surface area (Å²) in [5.74, 6) is -1.45. The van der Waals surface area contributed by atoms with Crippen molar-refractivity contribution in [3.8, 4) is 0 Å². The molecule has 0 bridgehead atoms. The molecule has 0 saturated heterocycles. The van der Waals surface area contributed by atoms with Gasteiger partial charge >= 0.3 is 0 Å². The van der Waals surface area contributed by atoms with Crippen molar-refractivity contribution < 1.29 is 9.59 Å². The molecule has 1 N–H and O–H groups in total.